The van der Waals surface area contributed by atoms with Crippen LogP contribution in [-0.2, 0) is 0 Å². The van der Waals surface area contributed by atoms with E-state index in [1.807, 2.05) is 78.1 Å². The fraction of sp³-hybridized carbons (Fsp3) is 0. The maximum atomic E-state index is 6.51. The third-order valence-electron chi connectivity index (χ3n) is 9.75. The van der Waals surface area contributed by atoms with Gasteiger partial charge in [-0.05, 0) is 42.0 Å². The van der Waals surface area contributed by atoms with Gasteiger partial charge >= 0.3 is 0 Å². The van der Waals surface area contributed by atoms with E-state index < -0.39 is 0 Å². The molecule has 0 saturated carbocycles. The van der Waals surface area contributed by atoms with Crippen molar-refractivity contribution in [3.05, 3.63) is 152 Å². The molecule has 0 aliphatic rings. The Morgan fingerprint density at radius 1 is 0.392 bits per heavy atom. The highest BCUT2D eigenvalue weighted by Gasteiger charge is 2.20. The average Bonchev–Trinajstić information content (AvgIpc) is 3.89. The summed E-state index contributed by atoms with van der Waals surface area (Å²) in [5, 5.41) is 6.78. The lowest BCUT2D eigenvalue weighted by Crippen LogP contribution is -2.00. The summed E-state index contributed by atoms with van der Waals surface area (Å²) in [5.74, 6) is 1.82. The zero-order chi connectivity index (χ0) is 33.5. The van der Waals surface area contributed by atoms with E-state index in [1.165, 1.54) is 25.7 Å². The molecule has 6 heteroatoms. The van der Waals surface area contributed by atoms with Crippen molar-refractivity contribution in [3.63, 3.8) is 0 Å². The summed E-state index contributed by atoms with van der Waals surface area (Å²) in [6.07, 6.45) is 0. The first-order valence-corrected chi connectivity index (χ1v) is 17.7. The van der Waals surface area contributed by atoms with E-state index in [2.05, 4.69) is 84.9 Å². The number of thiophene rings is 1. The van der Waals surface area contributed by atoms with Gasteiger partial charge in [0.1, 0.15) is 22.3 Å². The van der Waals surface area contributed by atoms with Crippen LogP contribution in [0.2, 0.25) is 0 Å². The van der Waals surface area contributed by atoms with Crippen LogP contribution in [0, 0.1) is 0 Å². The normalized spacial score (nSPS) is 11.9. The van der Waals surface area contributed by atoms with E-state index in [0.29, 0.717) is 17.5 Å². The molecule has 5 nitrogen and oxygen atoms in total. The summed E-state index contributed by atoms with van der Waals surface area (Å²) < 4.78 is 15.2. The van der Waals surface area contributed by atoms with Gasteiger partial charge in [-0.3, -0.25) is 0 Å². The molecule has 0 radical (unpaired) electrons. The van der Waals surface area contributed by atoms with Crippen LogP contribution in [0.4, 0.5) is 0 Å². The van der Waals surface area contributed by atoms with Crippen molar-refractivity contribution in [2.45, 2.75) is 0 Å². The average molecular weight is 672 g/mol. The number of para-hydroxylation sites is 2. The van der Waals surface area contributed by atoms with E-state index in [-0.39, 0.29) is 0 Å². The highest BCUT2D eigenvalue weighted by Crippen LogP contribution is 2.46. The number of hydrogen-bond acceptors (Lipinski definition) is 6. The van der Waals surface area contributed by atoms with E-state index in [4.69, 9.17) is 23.8 Å². The zero-order valence-corrected chi connectivity index (χ0v) is 27.8. The molecule has 0 aliphatic carbocycles. The molecular formula is C45H25N3O2S. The quantitative estimate of drug-likeness (QED) is 0.186. The van der Waals surface area contributed by atoms with Crippen molar-refractivity contribution < 1.29 is 8.83 Å². The van der Waals surface area contributed by atoms with E-state index in [9.17, 15) is 0 Å². The van der Waals surface area contributed by atoms with E-state index in [1.54, 1.807) is 0 Å². The topological polar surface area (TPSA) is 65.0 Å². The summed E-state index contributed by atoms with van der Waals surface area (Å²) >= 11 is 1.81. The van der Waals surface area contributed by atoms with Crippen molar-refractivity contribution in [2.75, 3.05) is 0 Å². The van der Waals surface area contributed by atoms with Gasteiger partial charge in [-0.15, -0.1) is 11.3 Å². The highest BCUT2D eigenvalue weighted by atomic mass is 32.1. The Morgan fingerprint density at radius 3 is 1.71 bits per heavy atom. The predicted octanol–water partition coefficient (Wildman–Crippen LogP) is 12.7. The zero-order valence-electron chi connectivity index (χ0n) is 27.0. The molecule has 4 heterocycles. The Balaban J connectivity index is 1.07. The van der Waals surface area contributed by atoms with Gasteiger partial charge in [0.2, 0.25) is 0 Å². The molecule has 0 bridgehead atoms. The van der Waals surface area contributed by atoms with Gasteiger partial charge in [-0.25, -0.2) is 15.0 Å². The smallest absolute Gasteiger partial charge is 0.164 e. The first-order chi connectivity index (χ1) is 25.2. The molecule has 0 saturated heterocycles. The Hall–Kier alpha value is -6.63. The fourth-order valence-corrected chi connectivity index (χ4v) is 8.53. The SMILES string of the molecule is c1ccc(-c2nc(-c3ccc(-c4cc5c6ccccc6oc5c5c4sc4ccccc45)cc3)nc(-c3ccc4c(c3)oc3ccccc34)n2)cc1. The van der Waals surface area contributed by atoms with Gasteiger partial charge in [0.25, 0.3) is 0 Å². The van der Waals surface area contributed by atoms with Crippen LogP contribution in [0.3, 0.4) is 0 Å². The first-order valence-electron chi connectivity index (χ1n) is 16.8. The summed E-state index contributed by atoms with van der Waals surface area (Å²) in [4.78, 5) is 15.0. The Bertz CT molecular complexity index is 3140. The lowest BCUT2D eigenvalue weighted by molar-refractivity contribution is 0.669. The van der Waals surface area contributed by atoms with Crippen LogP contribution in [0.1, 0.15) is 0 Å². The summed E-state index contributed by atoms with van der Waals surface area (Å²) in [6, 6.07) is 52.1. The monoisotopic (exact) mass is 671 g/mol. The maximum Gasteiger partial charge on any atom is 0.164 e. The molecule has 0 spiro atoms. The van der Waals surface area contributed by atoms with Crippen LogP contribution >= 0.6 is 11.3 Å². The molecule has 11 aromatic rings. The Kier molecular flexibility index (Phi) is 6.05. The Labute approximate surface area is 295 Å². The summed E-state index contributed by atoms with van der Waals surface area (Å²) in [6.45, 7) is 0. The minimum atomic E-state index is 0.592. The summed E-state index contributed by atoms with van der Waals surface area (Å²) in [7, 11) is 0. The minimum Gasteiger partial charge on any atom is -0.456 e. The van der Waals surface area contributed by atoms with Crippen LogP contribution < -0.4 is 0 Å². The second-order valence-corrected chi connectivity index (χ2v) is 13.8. The lowest BCUT2D eigenvalue weighted by atomic mass is 9.98. The molecule has 0 amide bonds. The number of aromatic nitrogens is 3. The van der Waals surface area contributed by atoms with Gasteiger partial charge in [-0.1, -0.05) is 115 Å². The molecule has 4 aromatic heterocycles. The van der Waals surface area contributed by atoms with E-state index >= 15 is 0 Å². The first kappa shape index (κ1) is 28.2. The van der Waals surface area contributed by atoms with Crippen LogP contribution in [0.25, 0.3) is 109 Å². The molecule has 238 valence electrons. The molecule has 51 heavy (non-hydrogen) atoms. The van der Waals surface area contributed by atoms with Crippen molar-refractivity contribution in [1.29, 1.82) is 0 Å². The number of nitrogens with zero attached hydrogens (tertiary/aromatic N) is 3. The predicted molar refractivity (Wildman–Crippen MR) is 209 cm³/mol. The number of furan rings is 2. The molecule has 0 unspecified atom stereocenters. The van der Waals surface area contributed by atoms with Crippen molar-refractivity contribution in [3.8, 4) is 45.3 Å². The van der Waals surface area contributed by atoms with Crippen molar-refractivity contribution in [2.24, 2.45) is 0 Å². The van der Waals surface area contributed by atoms with Gasteiger partial charge < -0.3 is 8.83 Å². The van der Waals surface area contributed by atoms with Gasteiger partial charge in [0, 0.05) is 64.0 Å². The molecule has 0 aliphatic heterocycles. The van der Waals surface area contributed by atoms with Crippen LogP contribution in [0.5, 0.6) is 0 Å². The fourth-order valence-electron chi connectivity index (χ4n) is 7.29. The van der Waals surface area contributed by atoms with Gasteiger partial charge in [-0.2, -0.15) is 0 Å². The molecule has 0 N–H and O–H groups in total. The molecule has 0 fully saturated rings. The lowest BCUT2D eigenvalue weighted by Gasteiger charge is -2.10. The van der Waals surface area contributed by atoms with Crippen molar-refractivity contribution >= 4 is 75.4 Å². The van der Waals surface area contributed by atoms with Gasteiger partial charge in [0.05, 0.1) is 0 Å². The molecule has 7 aromatic carbocycles. The largest absolute Gasteiger partial charge is 0.456 e. The molecule has 11 rings (SSSR count). The third-order valence-corrected chi connectivity index (χ3v) is 11.0. The third kappa shape index (κ3) is 4.43. The van der Waals surface area contributed by atoms with Crippen LogP contribution in [-0.4, -0.2) is 15.0 Å². The highest BCUT2D eigenvalue weighted by molar-refractivity contribution is 7.26. The summed E-state index contributed by atoms with van der Waals surface area (Å²) in [5.41, 5.74) is 8.50. The second kappa shape index (κ2) is 10.9. The standard InChI is InChI=1S/C45H25N3O2S/c1-2-10-27(11-3-1)43-46-44(48-45(47-43)29-22-23-32-30-12-4-7-15-36(30)49-38(32)24-29)28-20-18-26(19-21-28)34-25-35-31-13-5-8-16-37(31)50-41(35)40-33-14-6-9-17-39(33)51-42(34)40/h1-25H. The maximum absolute atomic E-state index is 6.51. The number of rotatable bonds is 4. The minimum absolute atomic E-state index is 0.592. The number of fused-ring (bicyclic) bond motifs is 10. The van der Waals surface area contributed by atoms with Crippen LogP contribution in [0.15, 0.2) is 160 Å². The molecule has 0 atom stereocenters. The van der Waals surface area contributed by atoms with E-state index in [0.717, 1.165) is 66.1 Å². The number of hydrogen-bond donors (Lipinski definition) is 0. The van der Waals surface area contributed by atoms with Crippen molar-refractivity contribution in [1.82, 2.24) is 15.0 Å². The number of benzene rings is 7. The second-order valence-electron chi connectivity index (χ2n) is 12.8. The Morgan fingerprint density at radius 2 is 0.941 bits per heavy atom. The van der Waals surface area contributed by atoms with Gasteiger partial charge in [0.15, 0.2) is 17.5 Å². The molecular weight excluding hydrogens is 647 g/mol.